The van der Waals surface area contributed by atoms with Crippen LogP contribution < -0.4 is 0 Å². The predicted molar refractivity (Wildman–Crippen MR) is 98.9 cm³/mol. The van der Waals surface area contributed by atoms with Gasteiger partial charge in [0.2, 0.25) is 5.16 Å². The van der Waals surface area contributed by atoms with E-state index in [4.69, 9.17) is 0 Å². The van der Waals surface area contributed by atoms with Gasteiger partial charge in [0.25, 0.3) is 11.5 Å². The third kappa shape index (κ3) is 3.27. The van der Waals surface area contributed by atoms with Gasteiger partial charge in [-0.15, -0.1) is 5.10 Å². The van der Waals surface area contributed by atoms with E-state index < -0.39 is 4.92 Å². The third-order valence-electron chi connectivity index (χ3n) is 3.81. The van der Waals surface area contributed by atoms with Crippen molar-refractivity contribution < 1.29 is 4.92 Å². The lowest BCUT2D eigenvalue weighted by atomic mass is 10.1. The van der Waals surface area contributed by atoms with Crippen LogP contribution in [0.4, 0.5) is 5.69 Å². The molecule has 2 aromatic heterocycles. The summed E-state index contributed by atoms with van der Waals surface area (Å²) in [6, 6.07) is 18.3. The first-order valence-electron chi connectivity index (χ1n) is 7.84. The van der Waals surface area contributed by atoms with Crippen molar-refractivity contribution in [1.29, 1.82) is 0 Å². The van der Waals surface area contributed by atoms with Gasteiger partial charge in [-0.2, -0.15) is 9.50 Å². The van der Waals surface area contributed by atoms with Gasteiger partial charge in [0.1, 0.15) is 0 Å². The fraction of sp³-hybridized carbons (Fsp3) is 0.0556. The smallest absolute Gasteiger partial charge is 0.258 e. The largest absolute Gasteiger partial charge is 0.269 e. The molecule has 4 aromatic rings. The second-order valence-corrected chi connectivity index (χ2v) is 6.46. The Morgan fingerprint density at radius 1 is 1.04 bits per heavy atom. The summed E-state index contributed by atoms with van der Waals surface area (Å²) in [6.45, 7) is 0. The Hall–Kier alpha value is -3.26. The zero-order chi connectivity index (χ0) is 17.9. The van der Waals surface area contributed by atoms with Crippen LogP contribution in [0, 0.1) is 10.1 Å². The van der Waals surface area contributed by atoms with E-state index in [9.17, 15) is 10.1 Å². The molecule has 0 N–H and O–H groups in total. The molecular weight excluding hydrogens is 350 g/mol. The van der Waals surface area contributed by atoms with Gasteiger partial charge in [0.15, 0.2) is 0 Å². The first kappa shape index (κ1) is 16.2. The number of aromatic nitrogens is 4. The number of hydrogen-bond donors (Lipinski definition) is 0. The molecular formula is C18H13N5O2S. The molecule has 0 atom stereocenters. The lowest BCUT2D eigenvalue weighted by Crippen LogP contribution is -1.96. The quantitative estimate of drug-likeness (QED) is 0.303. The van der Waals surface area contributed by atoms with Crippen LogP contribution in [0.3, 0.4) is 0 Å². The van der Waals surface area contributed by atoms with Gasteiger partial charge in [-0.25, -0.2) is 4.98 Å². The van der Waals surface area contributed by atoms with Crippen LogP contribution >= 0.6 is 11.8 Å². The molecule has 8 heteroatoms. The minimum absolute atomic E-state index is 0.0525. The van der Waals surface area contributed by atoms with Gasteiger partial charge < -0.3 is 0 Å². The molecule has 0 saturated heterocycles. The first-order valence-corrected chi connectivity index (χ1v) is 8.82. The van der Waals surface area contributed by atoms with E-state index in [0.29, 0.717) is 10.9 Å². The van der Waals surface area contributed by atoms with Crippen molar-refractivity contribution in [2.75, 3.05) is 0 Å². The number of nitro benzene ring substituents is 1. The number of non-ortho nitro benzene ring substituents is 1. The first-order chi connectivity index (χ1) is 12.7. The van der Waals surface area contributed by atoms with Crippen molar-refractivity contribution in [1.82, 2.24) is 19.6 Å². The van der Waals surface area contributed by atoms with Crippen LogP contribution in [-0.4, -0.2) is 24.5 Å². The molecule has 0 saturated carbocycles. The maximum absolute atomic E-state index is 10.8. The molecule has 0 radical (unpaired) electrons. The molecule has 128 valence electrons. The second-order valence-electron chi connectivity index (χ2n) is 5.51. The average molecular weight is 363 g/mol. The Kier molecular flexibility index (Phi) is 4.32. The van der Waals surface area contributed by atoms with Crippen molar-refractivity contribution in [2.45, 2.75) is 10.9 Å². The third-order valence-corrected chi connectivity index (χ3v) is 4.71. The maximum Gasteiger partial charge on any atom is 0.269 e. The normalized spacial score (nSPS) is 10.9. The van der Waals surface area contributed by atoms with Gasteiger partial charge >= 0.3 is 0 Å². The van der Waals surface area contributed by atoms with E-state index in [-0.39, 0.29) is 5.69 Å². The van der Waals surface area contributed by atoms with Crippen LogP contribution in [0.15, 0.2) is 72.0 Å². The molecule has 26 heavy (non-hydrogen) atoms. The fourth-order valence-corrected chi connectivity index (χ4v) is 3.31. The monoisotopic (exact) mass is 363 g/mol. The number of rotatable bonds is 5. The Bertz CT molecular complexity index is 1060. The van der Waals surface area contributed by atoms with Crippen molar-refractivity contribution in [3.8, 4) is 11.3 Å². The SMILES string of the molecule is O=[N+]([O-])c1ccc(-c2ccnc3nc(SCc4ccccc4)nn23)cc1. The second kappa shape index (κ2) is 6.93. The van der Waals surface area contributed by atoms with E-state index >= 15 is 0 Å². The van der Waals surface area contributed by atoms with Gasteiger partial charge in [-0.05, 0) is 23.8 Å². The highest BCUT2D eigenvalue weighted by atomic mass is 32.2. The van der Waals surface area contributed by atoms with Crippen molar-refractivity contribution >= 4 is 23.2 Å². The van der Waals surface area contributed by atoms with Crippen LogP contribution in [0.1, 0.15) is 5.56 Å². The summed E-state index contributed by atoms with van der Waals surface area (Å²) >= 11 is 1.54. The van der Waals surface area contributed by atoms with Crippen molar-refractivity contribution in [3.63, 3.8) is 0 Å². The topological polar surface area (TPSA) is 86.2 Å². The van der Waals surface area contributed by atoms with Crippen LogP contribution in [-0.2, 0) is 5.75 Å². The van der Waals surface area contributed by atoms with Crippen LogP contribution in [0.25, 0.3) is 17.0 Å². The number of thioether (sulfide) groups is 1. The summed E-state index contributed by atoms with van der Waals surface area (Å²) in [4.78, 5) is 19.1. The maximum atomic E-state index is 10.8. The summed E-state index contributed by atoms with van der Waals surface area (Å²) in [6.07, 6.45) is 1.66. The molecule has 0 fully saturated rings. The summed E-state index contributed by atoms with van der Waals surface area (Å²) < 4.78 is 1.66. The summed E-state index contributed by atoms with van der Waals surface area (Å²) in [5.74, 6) is 1.27. The zero-order valence-electron chi connectivity index (χ0n) is 13.5. The fourth-order valence-electron chi connectivity index (χ4n) is 2.53. The molecule has 7 nitrogen and oxygen atoms in total. The zero-order valence-corrected chi connectivity index (χ0v) is 14.3. The van der Waals surface area contributed by atoms with Gasteiger partial charge in [0.05, 0.1) is 10.6 Å². The predicted octanol–water partition coefficient (Wildman–Crippen LogP) is 3.99. The van der Waals surface area contributed by atoms with E-state index in [0.717, 1.165) is 17.0 Å². The highest BCUT2D eigenvalue weighted by Crippen LogP contribution is 2.24. The number of fused-ring (bicyclic) bond motifs is 1. The van der Waals surface area contributed by atoms with Crippen LogP contribution in [0.5, 0.6) is 0 Å². The Balaban J connectivity index is 1.64. The van der Waals surface area contributed by atoms with E-state index in [1.54, 1.807) is 22.8 Å². The number of hydrogen-bond acceptors (Lipinski definition) is 6. The summed E-state index contributed by atoms with van der Waals surface area (Å²) in [7, 11) is 0. The molecule has 0 unspecified atom stereocenters. The van der Waals surface area contributed by atoms with E-state index in [1.807, 2.05) is 24.3 Å². The average Bonchev–Trinajstić information content (AvgIpc) is 3.10. The van der Waals surface area contributed by atoms with Crippen molar-refractivity contribution in [3.05, 3.63) is 82.5 Å². The van der Waals surface area contributed by atoms with Gasteiger partial charge in [0, 0.05) is 29.6 Å². The van der Waals surface area contributed by atoms with Gasteiger partial charge in [-0.3, -0.25) is 10.1 Å². The lowest BCUT2D eigenvalue weighted by molar-refractivity contribution is -0.384. The molecule has 2 heterocycles. The molecule has 0 amide bonds. The Labute approximate surface area is 152 Å². The summed E-state index contributed by atoms with van der Waals surface area (Å²) in [5.41, 5.74) is 2.84. The number of nitrogens with zero attached hydrogens (tertiary/aromatic N) is 5. The molecule has 0 aliphatic carbocycles. The molecule has 0 spiro atoms. The Morgan fingerprint density at radius 3 is 2.54 bits per heavy atom. The lowest BCUT2D eigenvalue weighted by Gasteiger charge is -2.03. The van der Waals surface area contributed by atoms with Gasteiger partial charge in [-0.1, -0.05) is 42.1 Å². The minimum Gasteiger partial charge on any atom is -0.258 e. The Morgan fingerprint density at radius 2 is 1.81 bits per heavy atom. The summed E-state index contributed by atoms with van der Waals surface area (Å²) in [5, 5.41) is 16.0. The number of benzene rings is 2. The van der Waals surface area contributed by atoms with E-state index in [2.05, 4.69) is 27.2 Å². The van der Waals surface area contributed by atoms with Crippen LogP contribution in [0.2, 0.25) is 0 Å². The minimum atomic E-state index is -0.417. The van der Waals surface area contributed by atoms with Crippen molar-refractivity contribution in [2.24, 2.45) is 0 Å². The van der Waals surface area contributed by atoms with E-state index in [1.165, 1.54) is 29.5 Å². The highest BCUT2D eigenvalue weighted by Gasteiger charge is 2.12. The molecule has 0 aliphatic heterocycles. The highest BCUT2D eigenvalue weighted by molar-refractivity contribution is 7.98. The molecule has 4 rings (SSSR count). The standard InChI is InChI=1S/C18H13N5O2S/c24-23(25)15-8-6-14(7-9-15)16-10-11-19-17-20-18(21-22(16)17)26-12-13-4-2-1-3-5-13/h1-11H,12H2. The molecule has 0 aliphatic rings. The molecule has 2 aromatic carbocycles. The number of nitro groups is 1. The molecule has 0 bridgehead atoms.